The number of ether oxygens (including phenoxy) is 1. The van der Waals surface area contributed by atoms with Gasteiger partial charge in [0.2, 0.25) is 0 Å². The van der Waals surface area contributed by atoms with E-state index in [-0.39, 0.29) is 0 Å². The maximum absolute atomic E-state index is 5.82. The first-order valence-electron chi connectivity index (χ1n) is 5.82. The molecule has 1 aliphatic rings. The number of likely N-dealkylation sites (tertiary alicyclic amines) is 1. The summed E-state index contributed by atoms with van der Waals surface area (Å²) in [4.78, 5) is 2.38. The van der Waals surface area contributed by atoms with Gasteiger partial charge in [0.1, 0.15) is 5.75 Å². The average molecular weight is 220 g/mol. The topological polar surface area (TPSA) is 38.5 Å². The van der Waals surface area contributed by atoms with Crippen molar-refractivity contribution in [1.29, 1.82) is 0 Å². The highest BCUT2D eigenvalue weighted by Gasteiger charge is 2.18. The molecule has 1 aromatic carbocycles. The standard InChI is InChI=1S/C13H20N2O/c1-15-7-5-10(6-8-15)11-3-4-12(14)13(9-11)16-2/h3-4,9-10H,5-8,14H2,1-2H3. The molecule has 1 saturated heterocycles. The summed E-state index contributed by atoms with van der Waals surface area (Å²) in [6.07, 6.45) is 2.45. The third-order valence-electron chi connectivity index (χ3n) is 3.45. The molecule has 1 fully saturated rings. The Bertz CT molecular complexity index is 357. The molecule has 1 aromatic rings. The minimum atomic E-state index is 0.658. The Balaban J connectivity index is 2.14. The van der Waals surface area contributed by atoms with Crippen LogP contribution in [0.4, 0.5) is 5.69 Å². The van der Waals surface area contributed by atoms with Gasteiger partial charge in [0, 0.05) is 0 Å². The first-order chi connectivity index (χ1) is 7.70. The summed E-state index contributed by atoms with van der Waals surface area (Å²) in [6.45, 7) is 2.36. The SMILES string of the molecule is COc1cc(C2CCN(C)CC2)ccc1N. The molecular weight excluding hydrogens is 200 g/mol. The number of rotatable bonds is 2. The highest BCUT2D eigenvalue weighted by molar-refractivity contribution is 5.54. The molecule has 0 aromatic heterocycles. The molecule has 16 heavy (non-hydrogen) atoms. The normalized spacial score (nSPS) is 18.6. The van der Waals surface area contributed by atoms with Gasteiger partial charge in [0.15, 0.2) is 0 Å². The van der Waals surface area contributed by atoms with Gasteiger partial charge in [0.05, 0.1) is 12.8 Å². The van der Waals surface area contributed by atoms with Gasteiger partial charge in [-0.3, -0.25) is 0 Å². The van der Waals surface area contributed by atoms with E-state index < -0.39 is 0 Å². The first kappa shape index (κ1) is 11.3. The predicted molar refractivity (Wildman–Crippen MR) is 66.9 cm³/mol. The van der Waals surface area contributed by atoms with Crippen LogP contribution >= 0.6 is 0 Å². The van der Waals surface area contributed by atoms with Crippen molar-refractivity contribution < 1.29 is 4.74 Å². The Morgan fingerprint density at radius 1 is 1.31 bits per heavy atom. The highest BCUT2D eigenvalue weighted by Crippen LogP contribution is 2.32. The number of nitrogen functional groups attached to an aromatic ring is 1. The summed E-state index contributed by atoms with van der Waals surface area (Å²) in [5.41, 5.74) is 7.90. The van der Waals surface area contributed by atoms with Gasteiger partial charge in [-0.2, -0.15) is 0 Å². The molecule has 3 heteroatoms. The van der Waals surface area contributed by atoms with E-state index in [2.05, 4.69) is 24.1 Å². The smallest absolute Gasteiger partial charge is 0.142 e. The zero-order valence-corrected chi connectivity index (χ0v) is 10.1. The molecule has 88 valence electrons. The lowest BCUT2D eigenvalue weighted by molar-refractivity contribution is 0.255. The van der Waals surface area contributed by atoms with E-state index in [0.29, 0.717) is 5.92 Å². The molecule has 1 heterocycles. The second kappa shape index (κ2) is 4.74. The number of hydrogen-bond donors (Lipinski definition) is 1. The van der Waals surface area contributed by atoms with Crippen LogP contribution in [0.2, 0.25) is 0 Å². The number of hydrogen-bond acceptors (Lipinski definition) is 3. The van der Waals surface area contributed by atoms with Gasteiger partial charge >= 0.3 is 0 Å². The Labute approximate surface area is 97.2 Å². The second-order valence-corrected chi connectivity index (χ2v) is 4.58. The average Bonchev–Trinajstić information content (AvgIpc) is 2.31. The van der Waals surface area contributed by atoms with Crippen molar-refractivity contribution in [1.82, 2.24) is 4.90 Å². The molecule has 3 nitrogen and oxygen atoms in total. The first-order valence-corrected chi connectivity index (χ1v) is 5.82. The van der Waals surface area contributed by atoms with Gasteiger partial charge in [0.25, 0.3) is 0 Å². The third-order valence-corrected chi connectivity index (χ3v) is 3.45. The van der Waals surface area contributed by atoms with Gasteiger partial charge in [-0.05, 0) is 56.6 Å². The minimum Gasteiger partial charge on any atom is -0.495 e. The largest absolute Gasteiger partial charge is 0.495 e. The molecule has 0 spiro atoms. The molecular formula is C13H20N2O. The van der Waals surface area contributed by atoms with Crippen LogP contribution in [-0.4, -0.2) is 32.1 Å². The molecule has 2 rings (SSSR count). The van der Waals surface area contributed by atoms with Crippen molar-refractivity contribution in [2.24, 2.45) is 0 Å². The summed E-state index contributed by atoms with van der Waals surface area (Å²) >= 11 is 0. The van der Waals surface area contributed by atoms with E-state index in [9.17, 15) is 0 Å². The monoisotopic (exact) mass is 220 g/mol. The van der Waals surface area contributed by atoms with E-state index in [1.54, 1.807) is 7.11 Å². The van der Waals surface area contributed by atoms with E-state index in [0.717, 1.165) is 11.4 Å². The third kappa shape index (κ3) is 2.30. The van der Waals surface area contributed by atoms with Crippen molar-refractivity contribution in [2.75, 3.05) is 33.0 Å². The molecule has 2 N–H and O–H groups in total. The fraction of sp³-hybridized carbons (Fsp3) is 0.538. The molecule has 0 amide bonds. The van der Waals surface area contributed by atoms with Crippen LogP contribution in [0.15, 0.2) is 18.2 Å². The van der Waals surface area contributed by atoms with Crippen LogP contribution in [0.25, 0.3) is 0 Å². The van der Waals surface area contributed by atoms with E-state index in [1.807, 2.05) is 6.07 Å². The van der Waals surface area contributed by atoms with Gasteiger partial charge in [-0.15, -0.1) is 0 Å². The quantitative estimate of drug-likeness (QED) is 0.776. The van der Waals surface area contributed by atoms with Crippen LogP contribution in [0.3, 0.4) is 0 Å². The molecule has 0 radical (unpaired) electrons. The molecule has 0 saturated carbocycles. The fourth-order valence-electron chi connectivity index (χ4n) is 2.32. The number of methoxy groups -OCH3 is 1. The van der Waals surface area contributed by atoms with Crippen LogP contribution in [0.5, 0.6) is 5.75 Å². The Hall–Kier alpha value is -1.22. The van der Waals surface area contributed by atoms with Crippen LogP contribution in [-0.2, 0) is 0 Å². The summed E-state index contributed by atoms with van der Waals surface area (Å²) in [5.74, 6) is 1.46. The Morgan fingerprint density at radius 3 is 2.62 bits per heavy atom. The lowest BCUT2D eigenvalue weighted by Crippen LogP contribution is -2.29. The zero-order valence-electron chi connectivity index (χ0n) is 10.1. The molecule has 1 aliphatic heterocycles. The van der Waals surface area contributed by atoms with Crippen molar-refractivity contribution in [3.8, 4) is 5.75 Å². The van der Waals surface area contributed by atoms with E-state index in [1.165, 1.54) is 31.5 Å². The van der Waals surface area contributed by atoms with Gasteiger partial charge < -0.3 is 15.4 Å². The molecule has 0 bridgehead atoms. The van der Waals surface area contributed by atoms with E-state index in [4.69, 9.17) is 10.5 Å². The maximum atomic E-state index is 5.82. The number of piperidine rings is 1. The van der Waals surface area contributed by atoms with Crippen LogP contribution in [0.1, 0.15) is 24.3 Å². The Morgan fingerprint density at radius 2 is 2.00 bits per heavy atom. The minimum absolute atomic E-state index is 0.658. The van der Waals surface area contributed by atoms with Crippen molar-refractivity contribution >= 4 is 5.69 Å². The van der Waals surface area contributed by atoms with Crippen molar-refractivity contribution in [2.45, 2.75) is 18.8 Å². The highest BCUT2D eigenvalue weighted by atomic mass is 16.5. The summed E-state index contributed by atoms with van der Waals surface area (Å²) in [7, 11) is 3.85. The van der Waals surface area contributed by atoms with Crippen LogP contribution < -0.4 is 10.5 Å². The summed E-state index contributed by atoms with van der Waals surface area (Å²) in [5, 5.41) is 0. The second-order valence-electron chi connectivity index (χ2n) is 4.58. The molecule has 0 aliphatic carbocycles. The van der Waals surface area contributed by atoms with Gasteiger partial charge in [-0.1, -0.05) is 6.07 Å². The van der Waals surface area contributed by atoms with Crippen molar-refractivity contribution in [3.05, 3.63) is 23.8 Å². The number of anilines is 1. The predicted octanol–water partition coefficient (Wildman–Crippen LogP) is 2.09. The summed E-state index contributed by atoms with van der Waals surface area (Å²) in [6, 6.07) is 6.17. The van der Waals surface area contributed by atoms with Crippen molar-refractivity contribution in [3.63, 3.8) is 0 Å². The fourth-order valence-corrected chi connectivity index (χ4v) is 2.32. The Kier molecular flexibility index (Phi) is 3.34. The molecule has 0 atom stereocenters. The lowest BCUT2D eigenvalue weighted by atomic mass is 9.89. The summed E-state index contributed by atoms with van der Waals surface area (Å²) < 4.78 is 5.26. The maximum Gasteiger partial charge on any atom is 0.142 e. The zero-order chi connectivity index (χ0) is 11.5. The number of nitrogens with zero attached hydrogens (tertiary/aromatic N) is 1. The van der Waals surface area contributed by atoms with E-state index >= 15 is 0 Å². The lowest BCUT2D eigenvalue weighted by Gasteiger charge is -2.29. The molecule has 0 unspecified atom stereocenters. The number of nitrogens with two attached hydrogens (primary N) is 1. The van der Waals surface area contributed by atoms with Gasteiger partial charge in [-0.25, -0.2) is 0 Å². The number of benzene rings is 1. The van der Waals surface area contributed by atoms with Crippen LogP contribution in [0, 0.1) is 0 Å².